The molecule has 2 heteroatoms. The largest absolute Gasteiger partial charge is 0.291 e. The smallest absolute Gasteiger partial charge is 0.0447 e. The third-order valence-corrected chi connectivity index (χ3v) is 3.92. The Hall–Kier alpha value is 0.310. The fourth-order valence-electron chi connectivity index (χ4n) is 2.16. The molecule has 2 aliphatic heterocycles. The lowest BCUT2D eigenvalue weighted by atomic mass is 9.99. The number of rotatable bonds is 0. The van der Waals surface area contributed by atoms with Gasteiger partial charge in [0.2, 0.25) is 0 Å². The summed E-state index contributed by atoms with van der Waals surface area (Å²) < 4.78 is 0. The molecular weight excluding hydrogens is 154 g/mol. The molecule has 0 spiro atoms. The summed E-state index contributed by atoms with van der Waals surface area (Å²) in [6.07, 6.45) is 7.31. The van der Waals surface area contributed by atoms with Gasteiger partial charge in [-0.15, -0.1) is 11.8 Å². The maximum absolute atomic E-state index is 2.70. The van der Waals surface area contributed by atoms with Crippen molar-refractivity contribution in [2.24, 2.45) is 0 Å². The Kier molecular flexibility index (Phi) is 2.75. The fourth-order valence-corrected chi connectivity index (χ4v) is 3.23. The molecule has 2 rings (SSSR count). The third kappa shape index (κ3) is 1.91. The van der Waals surface area contributed by atoms with Crippen LogP contribution in [0.25, 0.3) is 0 Å². The quantitative estimate of drug-likeness (QED) is 0.550. The zero-order chi connectivity index (χ0) is 7.52. The third-order valence-electron chi connectivity index (χ3n) is 2.83. The van der Waals surface area contributed by atoms with E-state index in [1.54, 1.807) is 0 Å². The molecule has 64 valence electrons. The minimum atomic E-state index is 0.957. The van der Waals surface area contributed by atoms with Crippen molar-refractivity contribution in [2.45, 2.75) is 38.1 Å². The maximum atomic E-state index is 2.70. The van der Waals surface area contributed by atoms with E-state index in [2.05, 4.69) is 16.7 Å². The van der Waals surface area contributed by atoms with Gasteiger partial charge in [-0.2, -0.15) is 0 Å². The molecule has 0 N–H and O–H groups in total. The first-order valence-electron chi connectivity index (χ1n) is 4.78. The van der Waals surface area contributed by atoms with E-state index < -0.39 is 0 Å². The molecule has 0 radical (unpaired) electrons. The molecule has 2 saturated heterocycles. The van der Waals surface area contributed by atoms with Gasteiger partial charge < -0.3 is 0 Å². The lowest BCUT2D eigenvalue weighted by Gasteiger charge is -2.33. The molecule has 0 aromatic rings. The highest BCUT2D eigenvalue weighted by Gasteiger charge is 2.23. The van der Waals surface area contributed by atoms with Crippen LogP contribution in [-0.4, -0.2) is 29.1 Å². The Morgan fingerprint density at radius 3 is 3.00 bits per heavy atom. The second-order valence-electron chi connectivity index (χ2n) is 3.64. The van der Waals surface area contributed by atoms with Crippen molar-refractivity contribution in [1.82, 2.24) is 4.90 Å². The number of piperidine rings is 1. The van der Waals surface area contributed by atoms with Crippen LogP contribution >= 0.6 is 11.8 Å². The van der Waals surface area contributed by atoms with Crippen LogP contribution in [0.5, 0.6) is 0 Å². The number of hydrogen-bond acceptors (Lipinski definition) is 2. The molecule has 0 bridgehead atoms. The van der Waals surface area contributed by atoms with Gasteiger partial charge in [0.25, 0.3) is 0 Å². The Balaban J connectivity index is 1.93. The van der Waals surface area contributed by atoms with Gasteiger partial charge in [0.1, 0.15) is 0 Å². The normalized spacial score (nSPS) is 34.4. The van der Waals surface area contributed by atoms with Gasteiger partial charge in [0, 0.05) is 11.9 Å². The molecule has 2 fully saturated rings. The van der Waals surface area contributed by atoms with E-state index in [0.29, 0.717) is 0 Å². The highest BCUT2D eigenvalue weighted by Crippen LogP contribution is 2.26. The summed E-state index contributed by atoms with van der Waals surface area (Å²) in [5, 5.41) is 0. The lowest BCUT2D eigenvalue weighted by molar-refractivity contribution is 0.171. The molecule has 0 aromatic heterocycles. The Bertz CT molecular complexity index is 113. The zero-order valence-electron chi connectivity index (χ0n) is 7.09. The summed E-state index contributed by atoms with van der Waals surface area (Å²) >= 11 is 2.13. The van der Waals surface area contributed by atoms with E-state index >= 15 is 0 Å². The average molecular weight is 171 g/mol. The molecule has 1 nitrogen and oxygen atoms in total. The van der Waals surface area contributed by atoms with Crippen molar-refractivity contribution in [1.29, 1.82) is 0 Å². The van der Waals surface area contributed by atoms with E-state index in [1.807, 2.05) is 0 Å². The number of fused-ring (bicyclic) bond motifs is 1. The summed E-state index contributed by atoms with van der Waals surface area (Å²) in [5.41, 5.74) is 0. The molecule has 0 aliphatic carbocycles. The van der Waals surface area contributed by atoms with E-state index in [1.165, 1.54) is 50.3 Å². The summed E-state index contributed by atoms with van der Waals surface area (Å²) in [6.45, 7) is 1.37. The van der Waals surface area contributed by atoms with Crippen LogP contribution in [0, 0.1) is 0 Å². The van der Waals surface area contributed by atoms with Gasteiger partial charge in [-0.3, -0.25) is 4.90 Å². The van der Waals surface area contributed by atoms with Gasteiger partial charge >= 0.3 is 0 Å². The van der Waals surface area contributed by atoms with Crippen LogP contribution in [0.4, 0.5) is 0 Å². The molecule has 0 amide bonds. The van der Waals surface area contributed by atoms with Crippen molar-refractivity contribution in [3.8, 4) is 0 Å². The summed E-state index contributed by atoms with van der Waals surface area (Å²) in [7, 11) is 0. The molecule has 0 unspecified atom stereocenters. The van der Waals surface area contributed by atoms with Crippen molar-refractivity contribution in [2.75, 3.05) is 18.2 Å². The van der Waals surface area contributed by atoms with Crippen LogP contribution in [-0.2, 0) is 0 Å². The number of thioether (sulfide) groups is 1. The second kappa shape index (κ2) is 3.81. The van der Waals surface area contributed by atoms with Crippen LogP contribution in [0.2, 0.25) is 0 Å². The van der Waals surface area contributed by atoms with Gasteiger partial charge in [0.15, 0.2) is 0 Å². The van der Waals surface area contributed by atoms with Gasteiger partial charge in [-0.1, -0.05) is 6.42 Å². The predicted octanol–water partition coefficient (Wildman–Crippen LogP) is 2.33. The topological polar surface area (TPSA) is 3.24 Å². The number of nitrogens with zero attached hydrogens (tertiary/aromatic N) is 1. The monoisotopic (exact) mass is 171 g/mol. The molecule has 11 heavy (non-hydrogen) atoms. The molecule has 2 aliphatic rings. The van der Waals surface area contributed by atoms with Crippen LogP contribution in [0.15, 0.2) is 0 Å². The maximum Gasteiger partial charge on any atom is 0.0447 e. The van der Waals surface area contributed by atoms with E-state index in [9.17, 15) is 0 Å². The minimum Gasteiger partial charge on any atom is -0.291 e. The molecule has 1 atom stereocenters. The molecule has 0 aromatic carbocycles. The van der Waals surface area contributed by atoms with Gasteiger partial charge in [-0.25, -0.2) is 0 Å². The molecule has 0 saturated carbocycles. The summed E-state index contributed by atoms with van der Waals surface area (Å²) in [6, 6.07) is 0.957. The first-order valence-corrected chi connectivity index (χ1v) is 5.94. The number of hydrogen-bond donors (Lipinski definition) is 0. The summed E-state index contributed by atoms with van der Waals surface area (Å²) in [5.74, 6) is 2.71. The zero-order valence-corrected chi connectivity index (χ0v) is 7.91. The van der Waals surface area contributed by atoms with Crippen LogP contribution in [0.3, 0.4) is 0 Å². The van der Waals surface area contributed by atoms with Gasteiger partial charge in [-0.05, 0) is 38.0 Å². The Labute approximate surface area is 73.5 Å². The highest BCUT2D eigenvalue weighted by molar-refractivity contribution is 7.99. The van der Waals surface area contributed by atoms with Crippen LogP contribution < -0.4 is 0 Å². The summed E-state index contributed by atoms with van der Waals surface area (Å²) in [4.78, 5) is 2.70. The van der Waals surface area contributed by atoms with E-state index in [0.717, 1.165) is 6.04 Å². The Morgan fingerprint density at radius 2 is 2.00 bits per heavy atom. The second-order valence-corrected chi connectivity index (χ2v) is 4.72. The standard InChI is InChI=1S/C9H17NS/c1-2-6-10-8-11-7-3-5-9(10)4-1/h9H,1-8H2/t9-/m1/s1. The van der Waals surface area contributed by atoms with E-state index in [4.69, 9.17) is 0 Å². The van der Waals surface area contributed by atoms with Crippen molar-refractivity contribution in [3.63, 3.8) is 0 Å². The lowest BCUT2D eigenvalue weighted by Crippen LogP contribution is -2.37. The first kappa shape index (κ1) is 7.93. The fraction of sp³-hybridized carbons (Fsp3) is 1.00. The van der Waals surface area contributed by atoms with E-state index in [-0.39, 0.29) is 0 Å². The molecular formula is C9H17NS. The predicted molar refractivity (Wildman–Crippen MR) is 50.9 cm³/mol. The first-order chi connectivity index (χ1) is 5.47. The van der Waals surface area contributed by atoms with Gasteiger partial charge in [0.05, 0.1) is 0 Å². The average Bonchev–Trinajstić information content (AvgIpc) is 2.28. The highest BCUT2D eigenvalue weighted by atomic mass is 32.2. The SMILES string of the molecule is C1CCN2CSCCC[C@H]2C1. The van der Waals surface area contributed by atoms with Crippen molar-refractivity contribution < 1.29 is 0 Å². The van der Waals surface area contributed by atoms with Crippen LogP contribution in [0.1, 0.15) is 32.1 Å². The minimum absolute atomic E-state index is 0.957. The van der Waals surface area contributed by atoms with Crippen molar-refractivity contribution >= 4 is 11.8 Å². The van der Waals surface area contributed by atoms with Crippen molar-refractivity contribution in [3.05, 3.63) is 0 Å². The Morgan fingerprint density at radius 1 is 1.09 bits per heavy atom. The molecule has 2 heterocycles.